The Labute approximate surface area is 195 Å². The second-order valence-electron chi connectivity index (χ2n) is 11.3. The zero-order chi connectivity index (χ0) is 23.0. The second kappa shape index (κ2) is 7.45. The van der Waals surface area contributed by atoms with Gasteiger partial charge in [0.15, 0.2) is 9.84 Å². The Morgan fingerprint density at radius 1 is 0.939 bits per heavy atom. The van der Waals surface area contributed by atoms with Gasteiger partial charge >= 0.3 is 6.03 Å². The fourth-order valence-corrected chi connectivity index (χ4v) is 10.2. The molecule has 2 saturated heterocycles. The number of fused-ring (bicyclic) bond motifs is 2. The minimum atomic E-state index is -3.39. The summed E-state index contributed by atoms with van der Waals surface area (Å²) in [6, 6.07) is 8.70. The molecular formula is C25H33N3O4S. The van der Waals surface area contributed by atoms with E-state index in [2.05, 4.69) is 5.32 Å². The van der Waals surface area contributed by atoms with Crippen molar-refractivity contribution in [3.8, 4) is 0 Å². The first kappa shape index (κ1) is 21.4. The number of carbonyl (C=O) groups is 2. The molecule has 0 radical (unpaired) electrons. The Hall–Kier alpha value is -2.09. The predicted molar refractivity (Wildman–Crippen MR) is 123 cm³/mol. The lowest BCUT2D eigenvalue weighted by molar-refractivity contribution is -0.145. The van der Waals surface area contributed by atoms with Gasteiger partial charge in [-0.25, -0.2) is 13.2 Å². The number of hydrogen-bond acceptors (Lipinski definition) is 4. The van der Waals surface area contributed by atoms with Crippen molar-refractivity contribution in [3.05, 3.63) is 30.3 Å². The summed E-state index contributed by atoms with van der Waals surface area (Å²) in [4.78, 5) is 28.0. The molecule has 33 heavy (non-hydrogen) atoms. The summed E-state index contributed by atoms with van der Waals surface area (Å²) in [5, 5.41) is 2.93. The lowest BCUT2D eigenvalue weighted by Crippen LogP contribution is -2.64. The van der Waals surface area contributed by atoms with Gasteiger partial charge < -0.3 is 16.0 Å². The number of nitrogens with two attached hydrogens (primary N) is 1. The third-order valence-electron chi connectivity index (χ3n) is 9.52. The number of urea groups is 1. The van der Waals surface area contributed by atoms with Gasteiger partial charge in [0.25, 0.3) is 0 Å². The lowest BCUT2D eigenvalue weighted by atomic mass is 9.47. The van der Waals surface area contributed by atoms with Crippen molar-refractivity contribution in [1.82, 2.24) is 10.2 Å². The van der Waals surface area contributed by atoms with Gasteiger partial charge in [-0.15, -0.1) is 0 Å². The monoisotopic (exact) mass is 471 g/mol. The highest BCUT2D eigenvalue weighted by Crippen LogP contribution is 2.60. The van der Waals surface area contributed by atoms with E-state index in [-0.39, 0.29) is 35.5 Å². The zero-order valence-corrected chi connectivity index (χ0v) is 19.7. The van der Waals surface area contributed by atoms with Crippen molar-refractivity contribution < 1.29 is 18.0 Å². The third kappa shape index (κ3) is 3.31. The van der Waals surface area contributed by atoms with Crippen LogP contribution >= 0.6 is 0 Å². The largest absolute Gasteiger partial charge is 0.369 e. The zero-order valence-electron chi connectivity index (χ0n) is 18.9. The highest BCUT2D eigenvalue weighted by Gasteiger charge is 2.58. The molecule has 4 aliphatic carbocycles. The smallest absolute Gasteiger partial charge is 0.318 e. The van der Waals surface area contributed by atoms with Crippen LogP contribution in [0.1, 0.15) is 57.8 Å². The number of primary amides is 1. The van der Waals surface area contributed by atoms with E-state index < -0.39 is 15.1 Å². The quantitative estimate of drug-likeness (QED) is 0.704. The summed E-state index contributed by atoms with van der Waals surface area (Å²) in [5.74, 6) is 1.03. The predicted octanol–water partition coefficient (Wildman–Crippen LogP) is 2.85. The molecule has 3 N–H and O–H groups in total. The van der Waals surface area contributed by atoms with Crippen LogP contribution in [0, 0.1) is 23.2 Å². The fourth-order valence-electron chi connectivity index (χ4n) is 8.29. The molecule has 1 aromatic rings. The van der Waals surface area contributed by atoms with Crippen LogP contribution in [0.15, 0.2) is 35.2 Å². The molecule has 5 atom stereocenters. The molecule has 3 amide bonds. The first-order valence-corrected chi connectivity index (χ1v) is 14.0. The molecule has 7 nitrogen and oxygen atoms in total. The fraction of sp³-hybridized carbons (Fsp3) is 0.680. The van der Waals surface area contributed by atoms with E-state index in [1.807, 2.05) is 11.0 Å². The minimum absolute atomic E-state index is 0.0268. The summed E-state index contributed by atoms with van der Waals surface area (Å²) in [6.45, 7) is 0. The van der Waals surface area contributed by atoms with Crippen LogP contribution in [0.4, 0.5) is 4.79 Å². The van der Waals surface area contributed by atoms with Gasteiger partial charge in [-0.1, -0.05) is 18.2 Å². The van der Waals surface area contributed by atoms with Crippen molar-refractivity contribution in [2.24, 2.45) is 28.9 Å². The molecule has 2 heterocycles. The van der Waals surface area contributed by atoms with E-state index in [0.29, 0.717) is 35.5 Å². The van der Waals surface area contributed by atoms with Gasteiger partial charge in [-0.05, 0) is 87.7 Å². The molecule has 6 aliphatic rings. The maximum Gasteiger partial charge on any atom is 0.318 e. The SMILES string of the molecule is NC(=O)C12CC3CC(C1)C(NC(=O)N1C4CC[C@H]1CC(S(=O)(=O)c1ccccc1)C4)C(C3)C2. The van der Waals surface area contributed by atoms with E-state index in [9.17, 15) is 18.0 Å². The van der Waals surface area contributed by atoms with Crippen LogP contribution in [0.2, 0.25) is 0 Å². The molecule has 1 aromatic carbocycles. The van der Waals surface area contributed by atoms with Gasteiger partial charge in [0, 0.05) is 23.5 Å². The number of piperidine rings is 1. The lowest BCUT2D eigenvalue weighted by Gasteiger charge is -2.59. The number of carbonyl (C=O) groups excluding carboxylic acids is 2. The molecule has 6 bridgehead atoms. The number of nitrogens with zero attached hydrogens (tertiary/aromatic N) is 1. The molecular weight excluding hydrogens is 438 g/mol. The van der Waals surface area contributed by atoms with Crippen molar-refractivity contribution in [3.63, 3.8) is 0 Å². The molecule has 0 spiro atoms. The molecule has 2 aliphatic heterocycles. The number of amides is 3. The normalized spacial score (nSPS) is 41.2. The maximum atomic E-state index is 13.5. The Morgan fingerprint density at radius 3 is 2.12 bits per heavy atom. The van der Waals surface area contributed by atoms with E-state index >= 15 is 0 Å². The first-order chi connectivity index (χ1) is 15.8. The summed E-state index contributed by atoms with van der Waals surface area (Å²) in [5.41, 5.74) is 5.45. The second-order valence-corrected chi connectivity index (χ2v) is 13.6. The summed E-state index contributed by atoms with van der Waals surface area (Å²) >= 11 is 0. The van der Waals surface area contributed by atoms with Gasteiger partial charge in [-0.2, -0.15) is 0 Å². The summed E-state index contributed by atoms with van der Waals surface area (Å²) < 4.78 is 26.4. The number of rotatable bonds is 4. The Bertz CT molecular complexity index is 1040. The average Bonchev–Trinajstić information content (AvgIpc) is 3.05. The van der Waals surface area contributed by atoms with E-state index in [0.717, 1.165) is 44.9 Å². The Balaban J connectivity index is 1.16. The molecule has 4 saturated carbocycles. The minimum Gasteiger partial charge on any atom is -0.369 e. The van der Waals surface area contributed by atoms with Gasteiger partial charge in [-0.3, -0.25) is 4.79 Å². The molecule has 4 unspecified atom stereocenters. The van der Waals surface area contributed by atoms with Crippen LogP contribution in [-0.4, -0.2) is 48.6 Å². The number of hydrogen-bond donors (Lipinski definition) is 2. The number of benzene rings is 1. The van der Waals surface area contributed by atoms with Crippen LogP contribution < -0.4 is 11.1 Å². The first-order valence-electron chi connectivity index (χ1n) is 12.4. The van der Waals surface area contributed by atoms with E-state index in [1.165, 1.54) is 0 Å². The molecule has 8 heteroatoms. The highest BCUT2D eigenvalue weighted by atomic mass is 32.2. The van der Waals surface area contributed by atoms with Crippen molar-refractivity contribution in [2.75, 3.05) is 0 Å². The van der Waals surface area contributed by atoms with E-state index in [1.54, 1.807) is 24.3 Å². The van der Waals surface area contributed by atoms with Crippen LogP contribution in [0.25, 0.3) is 0 Å². The average molecular weight is 472 g/mol. The molecule has 7 rings (SSSR count). The Kier molecular flexibility index (Phi) is 4.84. The molecule has 0 aromatic heterocycles. The topological polar surface area (TPSA) is 110 Å². The summed E-state index contributed by atoms with van der Waals surface area (Å²) in [6.07, 6.45) is 7.39. The van der Waals surface area contributed by atoms with Crippen LogP contribution in [0.3, 0.4) is 0 Å². The van der Waals surface area contributed by atoms with Crippen LogP contribution in [0.5, 0.6) is 0 Å². The summed E-state index contributed by atoms with van der Waals surface area (Å²) in [7, 11) is -3.39. The standard InChI is InChI=1S/C25H33N3O4S/c26-23(29)25-12-15-8-16(13-25)22(17(9-15)14-25)27-24(30)28-18-6-7-19(28)11-21(10-18)33(31,32)20-4-2-1-3-5-20/h1-5,15-19,21-22H,6-14H2,(H2,26,29)(H,27,30)/t15?,16?,17?,18-,19?,21?,22?,25?/m0/s1. The third-order valence-corrected chi connectivity index (χ3v) is 11.7. The van der Waals surface area contributed by atoms with Crippen molar-refractivity contribution >= 4 is 21.8 Å². The number of sulfone groups is 1. The van der Waals surface area contributed by atoms with Crippen molar-refractivity contribution in [1.29, 1.82) is 0 Å². The Morgan fingerprint density at radius 2 is 1.55 bits per heavy atom. The van der Waals surface area contributed by atoms with Crippen LogP contribution in [-0.2, 0) is 14.6 Å². The van der Waals surface area contributed by atoms with Gasteiger partial charge in [0.1, 0.15) is 0 Å². The van der Waals surface area contributed by atoms with E-state index in [4.69, 9.17) is 5.73 Å². The van der Waals surface area contributed by atoms with Gasteiger partial charge in [0.05, 0.1) is 10.1 Å². The maximum absolute atomic E-state index is 13.5. The highest BCUT2D eigenvalue weighted by molar-refractivity contribution is 7.92. The molecule has 178 valence electrons. The van der Waals surface area contributed by atoms with Crippen molar-refractivity contribution in [2.45, 2.75) is 86.1 Å². The van der Waals surface area contributed by atoms with Gasteiger partial charge in [0.2, 0.25) is 5.91 Å². The molecule has 6 fully saturated rings. The number of nitrogens with one attached hydrogen (secondary N) is 1.